The van der Waals surface area contributed by atoms with Crippen molar-refractivity contribution in [2.24, 2.45) is 11.8 Å². The maximum Gasteiger partial charge on any atom is 0.338 e. The summed E-state index contributed by atoms with van der Waals surface area (Å²) in [5.74, 6) is 0.0815. The molecule has 1 amide bonds. The van der Waals surface area contributed by atoms with E-state index < -0.39 is 5.97 Å². The van der Waals surface area contributed by atoms with Crippen LogP contribution >= 0.6 is 11.3 Å². The Kier molecular flexibility index (Phi) is 7.17. The highest BCUT2D eigenvalue weighted by Crippen LogP contribution is 2.16. The molecule has 164 valence electrons. The molecule has 0 spiro atoms. The van der Waals surface area contributed by atoms with Gasteiger partial charge >= 0.3 is 5.97 Å². The fourth-order valence-corrected chi connectivity index (χ4v) is 4.03. The smallest absolute Gasteiger partial charge is 0.338 e. The molecule has 0 unspecified atom stereocenters. The standard InChI is InChI=1S/C22H26N4O4S/c1-13(2)9-18(27)23-16-7-5-15(6-8-16)21(29)30-12-17-11-20(28)26-22(24-17)31-19(25-26)10-14(3)4/h5-8,11,13-14H,9-10,12H2,1-4H3,(H,23,27). The van der Waals surface area contributed by atoms with Gasteiger partial charge in [0.1, 0.15) is 11.6 Å². The van der Waals surface area contributed by atoms with Crippen LogP contribution in [0.25, 0.3) is 4.96 Å². The summed E-state index contributed by atoms with van der Waals surface area (Å²) in [5, 5.41) is 7.94. The molecule has 31 heavy (non-hydrogen) atoms. The van der Waals surface area contributed by atoms with Crippen LogP contribution in [0.2, 0.25) is 0 Å². The van der Waals surface area contributed by atoms with Crippen molar-refractivity contribution in [2.45, 2.75) is 47.1 Å². The normalized spacial score (nSPS) is 11.3. The molecule has 3 rings (SSSR count). The molecule has 0 bridgehead atoms. The highest BCUT2D eigenvalue weighted by atomic mass is 32.1. The van der Waals surface area contributed by atoms with Crippen LogP contribution in [0, 0.1) is 11.8 Å². The van der Waals surface area contributed by atoms with E-state index in [4.69, 9.17) is 4.74 Å². The Balaban J connectivity index is 1.63. The quantitative estimate of drug-likeness (QED) is 0.534. The minimum absolute atomic E-state index is 0.0716. The summed E-state index contributed by atoms with van der Waals surface area (Å²) in [6, 6.07) is 7.80. The van der Waals surface area contributed by atoms with E-state index in [0.29, 0.717) is 34.2 Å². The Morgan fingerprint density at radius 3 is 2.48 bits per heavy atom. The van der Waals surface area contributed by atoms with Gasteiger partial charge in [0.25, 0.3) is 5.56 Å². The number of esters is 1. The molecule has 8 nitrogen and oxygen atoms in total. The molecule has 0 aliphatic carbocycles. The Morgan fingerprint density at radius 2 is 1.84 bits per heavy atom. The summed E-state index contributed by atoms with van der Waals surface area (Å²) < 4.78 is 6.59. The summed E-state index contributed by atoms with van der Waals surface area (Å²) in [5.41, 5.74) is 1.03. The molecule has 0 atom stereocenters. The van der Waals surface area contributed by atoms with Crippen LogP contribution in [0.3, 0.4) is 0 Å². The Hall–Kier alpha value is -3.07. The van der Waals surface area contributed by atoms with E-state index in [1.165, 1.54) is 21.9 Å². The third-order valence-electron chi connectivity index (χ3n) is 4.27. The zero-order valence-electron chi connectivity index (χ0n) is 18.0. The summed E-state index contributed by atoms with van der Waals surface area (Å²) in [6.07, 6.45) is 1.20. The summed E-state index contributed by atoms with van der Waals surface area (Å²) in [4.78, 5) is 41.3. The van der Waals surface area contributed by atoms with Gasteiger partial charge in [-0.3, -0.25) is 9.59 Å². The van der Waals surface area contributed by atoms with Crippen molar-refractivity contribution in [1.82, 2.24) is 14.6 Å². The van der Waals surface area contributed by atoms with Crippen LogP contribution in [0.4, 0.5) is 5.69 Å². The van der Waals surface area contributed by atoms with Gasteiger partial charge in [-0.1, -0.05) is 39.0 Å². The Bertz CT molecular complexity index is 1130. The number of nitrogens with zero attached hydrogens (tertiary/aromatic N) is 3. The number of ether oxygens (including phenoxy) is 1. The van der Waals surface area contributed by atoms with E-state index in [9.17, 15) is 14.4 Å². The number of carbonyl (C=O) groups is 2. The van der Waals surface area contributed by atoms with E-state index >= 15 is 0 Å². The molecule has 2 heterocycles. The molecular weight excluding hydrogens is 416 g/mol. The zero-order chi connectivity index (χ0) is 22.5. The predicted molar refractivity (Wildman–Crippen MR) is 119 cm³/mol. The van der Waals surface area contributed by atoms with Crippen LogP contribution in [-0.2, 0) is 22.6 Å². The molecule has 0 aliphatic heterocycles. The van der Waals surface area contributed by atoms with Gasteiger partial charge in [-0.15, -0.1) is 0 Å². The molecule has 3 aromatic rings. The number of carbonyl (C=O) groups excluding carboxylic acids is 2. The van der Waals surface area contributed by atoms with Gasteiger partial charge in [0, 0.05) is 24.6 Å². The van der Waals surface area contributed by atoms with Gasteiger partial charge in [-0.25, -0.2) is 9.78 Å². The monoisotopic (exact) mass is 442 g/mol. The Morgan fingerprint density at radius 1 is 1.13 bits per heavy atom. The van der Waals surface area contributed by atoms with E-state index in [-0.39, 0.29) is 24.0 Å². The molecule has 0 aliphatic rings. The van der Waals surface area contributed by atoms with Crippen LogP contribution in [0.15, 0.2) is 35.1 Å². The lowest BCUT2D eigenvalue weighted by molar-refractivity contribution is -0.116. The van der Waals surface area contributed by atoms with E-state index in [0.717, 1.165) is 11.4 Å². The Labute approximate surface area is 184 Å². The molecular formula is C22H26N4O4S. The number of fused-ring (bicyclic) bond motifs is 1. The van der Waals surface area contributed by atoms with E-state index in [1.54, 1.807) is 24.3 Å². The zero-order valence-corrected chi connectivity index (χ0v) is 18.9. The van der Waals surface area contributed by atoms with Crippen LogP contribution in [0.1, 0.15) is 55.2 Å². The fourth-order valence-electron chi connectivity index (χ4n) is 2.90. The number of rotatable bonds is 8. The molecule has 0 saturated heterocycles. The van der Waals surface area contributed by atoms with E-state index in [1.807, 2.05) is 13.8 Å². The lowest BCUT2D eigenvalue weighted by Gasteiger charge is -2.08. The molecule has 0 fully saturated rings. The van der Waals surface area contributed by atoms with Gasteiger partial charge in [0.05, 0.1) is 11.3 Å². The summed E-state index contributed by atoms with van der Waals surface area (Å²) >= 11 is 1.36. The van der Waals surface area contributed by atoms with Crippen molar-refractivity contribution < 1.29 is 14.3 Å². The third kappa shape index (κ3) is 6.21. The first kappa shape index (κ1) is 22.6. The topological polar surface area (TPSA) is 103 Å². The van der Waals surface area contributed by atoms with Gasteiger partial charge in [-0.2, -0.15) is 9.61 Å². The molecule has 0 saturated carbocycles. The predicted octanol–water partition coefficient (Wildman–Crippen LogP) is 3.69. The third-order valence-corrected chi connectivity index (χ3v) is 5.20. The van der Waals surface area contributed by atoms with Crippen molar-refractivity contribution in [3.05, 3.63) is 57.0 Å². The lowest BCUT2D eigenvalue weighted by atomic mass is 10.1. The van der Waals surface area contributed by atoms with Crippen LogP contribution in [-0.4, -0.2) is 26.5 Å². The number of amides is 1. The first-order valence-corrected chi connectivity index (χ1v) is 11.0. The molecule has 2 aromatic heterocycles. The summed E-state index contributed by atoms with van der Waals surface area (Å²) in [6.45, 7) is 7.99. The van der Waals surface area contributed by atoms with Gasteiger partial charge < -0.3 is 10.1 Å². The van der Waals surface area contributed by atoms with Crippen LogP contribution in [0.5, 0.6) is 0 Å². The number of nitrogens with one attached hydrogen (secondary N) is 1. The molecule has 0 radical (unpaired) electrons. The number of hydrogen-bond acceptors (Lipinski definition) is 7. The van der Waals surface area contributed by atoms with Gasteiger partial charge in [0.2, 0.25) is 10.9 Å². The maximum atomic E-state index is 12.3. The van der Waals surface area contributed by atoms with Crippen molar-refractivity contribution >= 4 is 33.9 Å². The minimum Gasteiger partial charge on any atom is -0.456 e. The van der Waals surface area contributed by atoms with E-state index in [2.05, 4.69) is 29.2 Å². The van der Waals surface area contributed by atoms with Crippen molar-refractivity contribution in [2.75, 3.05) is 5.32 Å². The highest BCUT2D eigenvalue weighted by Gasteiger charge is 2.13. The average molecular weight is 443 g/mol. The fraction of sp³-hybridized carbons (Fsp3) is 0.409. The average Bonchev–Trinajstić information content (AvgIpc) is 3.08. The second-order valence-corrected chi connectivity index (χ2v) is 9.21. The second kappa shape index (κ2) is 9.82. The van der Waals surface area contributed by atoms with Crippen molar-refractivity contribution in [1.29, 1.82) is 0 Å². The molecule has 1 N–H and O–H groups in total. The van der Waals surface area contributed by atoms with Gasteiger partial charge in [-0.05, 0) is 36.1 Å². The SMILES string of the molecule is CC(C)CC(=O)Nc1ccc(C(=O)OCc2cc(=O)n3nc(CC(C)C)sc3n2)cc1. The summed E-state index contributed by atoms with van der Waals surface area (Å²) in [7, 11) is 0. The minimum atomic E-state index is -0.535. The highest BCUT2D eigenvalue weighted by molar-refractivity contribution is 7.16. The lowest BCUT2D eigenvalue weighted by Crippen LogP contribution is -2.17. The number of benzene rings is 1. The number of aromatic nitrogens is 3. The van der Waals surface area contributed by atoms with Crippen molar-refractivity contribution in [3.63, 3.8) is 0 Å². The van der Waals surface area contributed by atoms with Crippen LogP contribution < -0.4 is 10.9 Å². The maximum absolute atomic E-state index is 12.3. The van der Waals surface area contributed by atoms with Crippen molar-refractivity contribution in [3.8, 4) is 0 Å². The molecule has 1 aromatic carbocycles. The second-order valence-electron chi connectivity index (χ2n) is 8.17. The molecule has 9 heteroatoms. The largest absolute Gasteiger partial charge is 0.456 e. The number of anilines is 1. The first-order chi connectivity index (χ1) is 14.7. The first-order valence-electron chi connectivity index (χ1n) is 10.2. The van der Waals surface area contributed by atoms with Gasteiger partial charge in [0.15, 0.2) is 0 Å². The number of hydrogen-bond donors (Lipinski definition) is 1.